The monoisotopic (exact) mass is 264 g/mol. The van der Waals surface area contributed by atoms with Crippen molar-refractivity contribution >= 4 is 11.4 Å². The summed E-state index contributed by atoms with van der Waals surface area (Å²) in [4.78, 5) is 14.2. The van der Waals surface area contributed by atoms with E-state index >= 15 is 0 Å². The predicted molar refractivity (Wildman–Crippen MR) is 66.1 cm³/mol. The van der Waals surface area contributed by atoms with Crippen LogP contribution in [-0.2, 0) is 6.42 Å². The fraction of sp³-hybridized carbons (Fsp3) is 0.273. The van der Waals surface area contributed by atoms with Crippen molar-refractivity contribution in [3.05, 3.63) is 40.5 Å². The van der Waals surface area contributed by atoms with E-state index in [4.69, 9.17) is 4.74 Å². The number of nitrogens with one attached hydrogen (secondary N) is 1. The smallest absolute Gasteiger partial charge is 0.275 e. The molecule has 0 fully saturated rings. The number of nitro benzene ring substituents is 1. The number of hydrogen-bond acceptors (Lipinski definition) is 7. The average molecular weight is 264 g/mol. The zero-order chi connectivity index (χ0) is 13.7. The number of ether oxygens (including phenoxy) is 1. The minimum Gasteiger partial charge on any atom is -0.496 e. The fourth-order valence-corrected chi connectivity index (χ4v) is 1.53. The third kappa shape index (κ3) is 3.41. The summed E-state index contributed by atoms with van der Waals surface area (Å²) in [6.45, 7) is 0.532. The lowest BCUT2D eigenvalue weighted by Gasteiger charge is -2.07. The molecule has 0 atom stereocenters. The molecular weight excluding hydrogens is 252 g/mol. The van der Waals surface area contributed by atoms with Crippen molar-refractivity contribution in [3.63, 3.8) is 0 Å². The Hall–Kier alpha value is -2.64. The van der Waals surface area contributed by atoms with Crippen LogP contribution < -0.4 is 10.1 Å². The molecule has 1 N–H and O–H groups in total. The fourth-order valence-electron chi connectivity index (χ4n) is 1.53. The molecule has 0 radical (unpaired) electrons. The number of nitrogens with zero attached hydrogens (tertiary/aromatic N) is 3. The third-order valence-electron chi connectivity index (χ3n) is 2.42. The van der Waals surface area contributed by atoms with Crippen LogP contribution in [0.3, 0.4) is 0 Å². The predicted octanol–water partition coefficient (Wildman–Crippen LogP) is 1.64. The first-order chi connectivity index (χ1) is 9.19. The maximum atomic E-state index is 10.8. The molecule has 19 heavy (non-hydrogen) atoms. The van der Waals surface area contributed by atoms with Gasteiger partial charge >= 0.3 is 0 Å². The second-order valence-corrected chi connectivity index (χ2v) is 3.70. The first kappa shape index (κ1) is 12.8. The van der Waals surface area contributed by atoms with E-state index in [1.165, 1.54) is 25.6 Å². The average Bonchev–Trinajstić information content (AvgIpc) is 2.91. The molecule has 0 spiro atoms. The SMILES string of the molecule is COc1cc(NCCc2ncon2)cc([N+](=O)[O-])c1. The first-order valence-electron chi connectivity index (χ1n) is 5.51. The lowest BCUT2D eigenvalue weighted by Crippen LogP contribution is -2.06. The number of benzene rings is 1. The number of anilines is 1. The van der Waals surface area contributed by atoms with E-state index in [2.05, 4.69) is 20.0 Å². The lowest BCUT2D eigenvalue weighted by molar-refractivity contribution is -0.384. The first-order valence-corrected chi connectivity index (χ1v) is 5.51. The molecule has 8 heteroatoms. The Bertz CT molecular complexity index is 556. The number of non-ortho nitro benzene ring substituents is 1. The molecule has 2 aromatic rings. The largest absolute Gasteiger partial charge is 0.496 e. The minimum atomic E-state index is -0.465. The maximum Gasteiger partial charge on any atom is 0.275 e. The van der Waals surface area contributed by atoms with Gasteiger partial charge in [-0.05, 0) is 0 Å². The van der Waals surface area contributed by atoms with Crippen molar-refractivity contribution in [2.24, 2.45) is 0 Å². The Morgan fingerprint density at radius 1 is 1.47 bits per heavy atom. The molecule has 0 amide bonds. The molecule has 0 aliphatic heterocycles. The van der Waals surface area contributed by atoms with Crippen molar-refractivity contribution in [2.75, 3.05) is 19.0 Å². The summed E-state index contributed by atoms with van der Waals surface area (Å²) >= 11 is 0. The van der Waals surface area contributed by atoms with E-state index in [-0.39, 0.29) is 5.69 Å². The summed E-state index contributed by atoms with van der Waals surface area (Å²) in [5.41, 5.74) is 0.580. The molecule has 2 rings (SSSR count). The van der Waals surface area contributed by atoms with Crippen molar-refractivity contribution in [1.29, 1.82) is 0 Å². The van der Waals surface area contributed by atoms with Crippen LogP contribution in [-0.4, -0.2) is 28.7 Å². The van der Waals surface area contributed by atoms with Crippen molar-refractivity contribution in [2.45, 2.75) is 6.42 Å². The summed E-state index contributed by atoms with van der Waals surface area (Å²) in [7, 11) is 1.46. The molecule has 0 unspecified atom stereocenters. The highest BCUT2D eigenvalue weighted by molar-refractivity contribution is 5.56. The quantitative estimate of drug-likeness (QED) is 0.624. The standard InChI is InChI=1S/C11H12N4O4/c1-18-10-5-8(4-9(6-10)15(16)17)12-3-2-11-13-7-19-14-11/h4-7,12H,2-3H2,1H3. The second kappa shape index (κ2) is 5.80. The van der Waals surface area contributed by atoms with E-state index in [0.717, 1.165) is 0 Å². The molecule has 1 heterocycles. The van der Waals surface area contributed by atoms with Crippen LogP contribution >= 0.6 is 0 Å². The second-order valence-electron chi connectivity index (χ2n) is 3.70. The van der Waals surface area contributed by atoms with E-state index in [1.54, 1.807) is 6.07 Å². The number of aromatic nitrogens is 2. The minimum absolute atomic E-state index is 0.0265. The van der Waals surface area contributed by atoms with Gasteiger partial charge in [0.15, 0.2) is 5.82 Å². The summed E-state index contributed by atoms with van der Waals surface area (Å²) in [5, 5.41) is 17.5. The van der Waals surface area contributed by atoms with E-state index in [0.29, 0.717) is 30.2 Å². The maximum absolute atomic E-state index is 10.8. The van der Waals surface area contributed by atoms with Gasteiger partial charge in [-0.3, -0.25) is 10.1 Å². The molecule has 0 aliphatic rings. The summed E-state index contributed by atoms with van der Waals surface area (Å²) < 4.78 is 9.62. The van der Waals surface area contributed by atoms with Crippen LogP contribution in [0.1, 0.15) is 5.82 Å². The van der Waals surface area contributed by atoms with Gasteiger partial charge in [-0.15, -0.1) is 0 Å². The van der Waals surface area contributed by atoms with E-state index in [1.807, 2.05) is 0 Å². The van der Waals surface area contributed by atoms with Crippen molar-refractivity contribution in [1.82, 2.24) is 10.1 Å². The third-order valence-corrected chi connectivity index (χ3v) is 2.42. The summed E-state index contributed by atoms with van der Waals surface area (Å²) in [6.07, 6.45) is 1.81. The molecular formula is C11H12N4O4. The lowest BCUT2D eigenvalue weighted by atomic mass is 10.2. The highest BCUT2D eigenvalue weighted by Crippen LogP contribution is 2.25. The Morgan fingerprint density at radius 2 is 2.32 bits per heavy atom. The van der Waals surface area contributed by atoms with E-state index in [9.17, 15) is 10.1 Å². The molecule has 0 aliphatic carbocycles. The highest BCUT2D eigenvalue weighted by Gasteiger charge is 2.10. The van der Waals surface area contributed by atoms with Crippen molar-refractivity contribution < 1.29 is 14.2 Å². The zero-order valence-electron chi connectivity index (χ0n) is 10.2. The topological polar surface area (TPSA) is 103 Å². The molecule has 8 nitrogen and oxygen atoms in total. The molecule has 1 aromatic heterocycles. The van der Waals surface area contributed by atoms with Crippen LogP contribution in [0.2, 0.25) is 0 Å². The van der Waals surface area contributed by atoms with Crippen LogP contribution in [0, 0.1) is 10.1 Å². The van der Waals surface area contributed by atoms with Gasteiger partial charge in [0.1, 0.15) is 5.75 Å². The number of nitro groups is 1. The Balaban J connectivity index is 2.02. The Labute approximate surface area is 108 Å². The van der Waals surface area contributed by atoms with Gasteiger partial charge in [-0.25, -0.2) is 0 Å². The highest BCUT2D eigenvalue weighted by atomic mass is 16.6. The normalized spacial score (nSPS) is 10.2. The van der Waals surface area contributed by atoms with Gasteiger partial charge in [0.25, 0.3) is 5.69 Å². The van der Waals surface area contributed by atoms with Gasteiger partial charge in [0.2, 0.25) is 6.39 Å². The van der Waals surface area contributed by atoms with Crippen molar-refractivity contribution in [3.8, 4) is 5.75 Å². The number of hydrogen-bond donors (Lipinski definition) is 1. The Kier molecular flexibility index (Phi) is 3.91. The summed E-state index contributed by atoms with van der Waals surface area (Å²) in [5.74, 6) is 1.00. The Morgan fingerprint density at radius 3 is 2.95 bits per heavy atom. The zero-order valence-corrected chi connectivity index (χ0v) is 10.2. The van der Waals surface area contributed by atoms with Gasteiger partial charge in [0.05, 0.1) is 18.1 Å². The molecule has 100 valence electrons. The summed E-state index contributed by atoms with van der Waals surface area (Å²) in [6, 6.07) is 4.49. The van der Waals surface area contributed by atoms with E-state index < -0.39 is 4.92 Å². The number of methoxy groups -OCH3 is 1. The molecule has 1 aromatic carbocycles. The van der Waals surface area contributed by atoms with Gasteiger partial charge in [-0.2, -0.15) is 4.98 Å². The van der Waals surface area contributed by atoms with Crippen LogP contribution in [0.25, 0.3) is 0 Å². The van der Waals surface area contributed by atoms with Crippen LogP contribution in [0.5, 0.6) is 5.75 Å². The van der Waals surface area contributed by atoms with Gasteiger partial charge in [0, 0.05) is 30.8 Å². The number of rotatable bonds is 6. The van der Waals surface area contributed by atoms with Crippen LogP contribution in [0.15, 0.2) is 29.1 Å². The van der Waals surface area contributed by atoms with Crippen LogP contribution in [0.4, 0.5) is 11.4 Å². The van der Waals surface area contributed by atoms with Gasteiger partial charge < -0.3 is 14.6 Å². The molecule has 0 bridgehead atoms. The van der Waals surface area contributed by atoms with Gasteiger partial charge in [-0.1, -0.05) is 5.16 Å². The molecule has 0 saturated carbocycles. The molecule has 0 saturated heterocycles.